The lowest BCUT2D eigenvalue weighted by Crippen LogP contribution is -2.37. The quantitative estimate of drug-likeness (QED) is 0.851. The van der Waals surface area contributed by atoms with E-state index in [4.69, 9.17) is 21.1 Å². The first-order valence-electron chi connectivity index (χ1n) is 7.88. The minimum absolute atomic E-state index is 0.0430. The van der Waals surface area contributed by atoms with E-state index >= 15 is 0 Å². The standard InChI is InChI=1S/C15H20ClFN2O4S/c16-12-8-15(19-3-6-22-7-4-19)14(9-13(12)17)18-24(20,21)10-11-2-1-5-23-11/h8-9,11,18H,1-7,10H2. The molecule has 1 aromatic rings. The highest BCUT2D eigenvalue weighted by Crippen LogP contribution is 2.33. The van der Waals surface area contributed by atoms with Gasteiger partial charge in [-0.3, -0.25) is 4.72 Å². The Balaban J connectivity index is 1.83. The van der Waals surface area contributed by atoms with Crippen molar-refractivity contribution in [1.29, 1.82) is 0 Å². The molecular weight excluding hydrogens is 359 g/mol. The highest BCUT2D eigenvalue weighted by atomic mass is 35.5. The topological polar surface area (TPSA) is 67.9 Å². The molecule has 2 heterocycles. The number of ether oxygens (including phenoxy) is 2. The van der Waals surface area contributed by atoms with Crippen molar-refractivity contribution in [2.24, 2.45) is 0 Å². The van der Waals surface area contributed by atoms with Crippen LogP contribution in [0.4, 0.5) is 15.8 Å². The van der Waals surface area contributed by atoms with Crippen molar-refractivity contribution in [1.82, 2.24) is 0 Å². The van der Waals surface area contributed by atoms with Crippen molar-refractivity contribution < 1.29 is 22.3 Å². The molecule has 1 unspecified atom stereocenters. The molecule has 2 fully saturated rings. The number of anilines is 2. The van der Waals surface area contributed by atoms with Crippen LogP contribution in [-0.2, 0) is 19.5 Å². The Labute approximate surface area is 145 Å². The molecule has 2 aliphatic rings. The molecule has 2 aliphatic heterocycles. The fourth-order valence-electron chi connectivity index (χ4n) is 2.91. The minimum Gasteiger partial charge on any atom is -0.378 e. The van der Waals surface area contributed by atoms with Gasteiger partial charge in [0.25, 0.3) is 0 Å². The van der Waals surface area contributed by atoms with Crippen molar-refractivity contribution in [3.8, 4) is 0 Å². The van der Waals surface area contributed by atoms with E-state index in [1.165, 1.54) is 6.07 Å². The van der Waals surface area contributed by atoms with Gasteiger partial charge in [-0.15, -0.1) is 0 Å². The molecule has 134 valence electrons. The van der Waals surface area contributed by atoms with Crippen molar-refractivity contribution in [2.45, 2.75) is 18.9 Å². The van der Waals surface area contributed by atoms with E-state index < -0.39 is 15.8 Å². The summed E-state index contributed by atoms with van der Waals surface area (Å²) in [6.07, 6.45) is 1.26. The normalized spacial score (nSPS) is 21.9. The van der Waals surface area contributed by atoms with Crippen LogP contribution in [-0.4, -0.2) is 53.2 Å². The van der Waals surface area contributed by atoms with E-state index in [2.05, 4.69) is 4.72 Å². The lowest BCUT2D eigenvalue weighted by molar-refractivity contribution is 0.123. The van der Waals surface area contributed by atoms with Crippen LogP contribution < -0.4 is 9.62 Å². The fourth-order valence-corrected chi connectivity index (χ4v) is 4.41. The molecule has 1 aromatic carbocycles. The van der Waals surface area contributed by atoms with E-state index in [9.17, 15) is 12.8 Å². The lowest BCUT2D eigenvalue weighted by Gasteiger charge is -2.31. The minimum atomic E-state index is -3.65. The monoisotopic (exact) mass is 378 g/mol. The maximum absolute atomic E-state index is 13.9. The van der Waals surface area contributed by atoms with Crippen LogP contribution in [0.15, 0.2) is 12.1 Å². The Bertz CT molecular complexity index is 689. The van der Waals surface area contributed by atoms with Gasteiger partial charge in [0.05, 0.1) is 41.5 Å². The molecule has 0 aromatic heterocycles. The van der Waals surface area contributed by atoms with E-state index in [1.807, 2.05) is 4.90 Å². The van der Waals surface area contributed by atoms with E-state index in [0.717, 1.165) is 12.5 Å². The molecule has 0 radical (unpaired) electrons. The highest BCUT2D eigenvalue weighted by Gasteiger charge is 2.25. The zero-order valence-corrected chi connectivity index (χ0v) is 14.7. The second-order valence-corrected chi connectivity index (χ2v) is 8.08. The average molecular weight is 379 g/mol. The van der Waals surface area contributed by atoms with Gasteiger partial charge in [-0.05, 0) is 18.9 Å². The number of hydrogen-bond acceptors (Lipinski definition) is 5. The molecular formula is C15H20ClFN2O4S. The van der Waals surface area contributed by atoms with E-state index in [1.54, 1.807) is 0 Å². The molecule has 1 atom stereocenters. The lowest BCUT2D eigenvalue weighted by atomic mass is 10.2. The van der Waals surface area contributed by atoms with Gasteiger partial charge < -0.3 is 14.4 Å². The fraction of sp³-hybridized carbons (Fsp3) is 0.600. The predicted molar refractivity (Wildman–Crippen MR) is 90.8 cm³/mol. The van der Waals surface area contributed by atoms with E-state index in [0.29, 0.717) is 45.0 Å². The van der Waals surface area contributed by atoms with Crippen molar-refractivity contribution in [3.63, 3.8) is 0 Å². The molecule has 0 aliphatic carbocycles. The van der Waals surface area contributed by atoms with Gasteiger partial charge in [0, 0.05) is 25.8 Å². The summed E-state index contributed by atoms with van der Waals surface area (Å²) in [7, 11) is -3.65. The van der Waals surface area contributed by atoms with Gasteiger partial charge in [-0.1, -0.05) is 11.6 Å². The summed E-state index contributed by atoms with van der Waals surface area (Å²) in [5.41, 5.74) is 0.748. The second kappa shape index (κ2) is 7.43. The van der Waals surface area contributed by atoms with Crippen molar-refractivity contribution in [3.05, 3.63) is 23.0 Å². The number of morpholine rings is 1. The Morgan fingerprint density at radius 1 is 1.29 bits per heavy atom. The van der Waals surface area contributed by atoms with Gasteiger partial charge in [0.15, 0.2) is 0 Å². The second-order valence-electron chi connectivity index (χ2n) is 5.90. The summed E-state index contributed by atoms with van der Waals surface area (Å²) in [5, 5.41) is -0.0430. The Morgan fingerprint density at radius 2 is 2.04 bits per heavy atom. The van der Waals surface area contributed by atoms with Crippen LogP contribution in [0.2, 0.25) is 5.02 Å². The van der Waals surface area contributed by atoms with Gasteiger partial charge in [-0.25, -0.2) is 12.8 Å². The largest absolute Gasteiger partial charge is 0.378 e. The number of hydrogen-bond donors (Lipinski definition) is 1. The third-order valence-electron chi connectivity index (χ3n) is 4.09. The van der Waals surface area contributed by atoms with Crippen LogP contribution in [0.3, 0.4) is 0 Å². The highest BCUT2D eigenvalue weighted by molar-refractivity contribution is 7.92. The van der Waals surface area contributed by atoms with Crippen molar-refractivity contribution in [2.75, 3.05) is 48.3 Å². The summed E-state index contributed by atoms with van der Waals surface area (Å²) in [5.74, 6) is -0.803. The van der Waals surface area contributed by atoms with Gasteiger partial charge in [0.2, 0.25) is 10.0 Å². The Kier molecular flexibility index (Phi) is 5.49. The first kappa shape index (κ1) is 17.7. The van der Waals surface area contributed by atoms with Crippen molar-refractivity contribution >= 4 is 33.0 Å². The van der Waals surface area contributed by atoms with Crippen LogP contribution in [0.5, 0.6) is 0 Å². The third kappa shape index (κ3) is 4.30. The molecule has 0 amide bonds. The molecule has 24 heavy (non-hydrogen) atoms. The number of nitrogens with zero attached hydrogens (tertiary/aromatic N) is 1. The summed E-state index contributed by atoms with van der Waals surface area (Å²) < 4.78 is 51.8. The molecule has 2 saturated heterocycles. The first-order chi connectivity index (χ1) is 11.4. The number of nitrogens with one attached hydrogen (secondary N) is 1. The molecule has 0 bridgehead atoms. The zero-order valence-electron chi connectivity index (χ0n) is 13.1. The summed E-state index contributed by atoms with van der Waals surface area (Å²) in [6.45, 7) is 2.80. The number of halogens is 2. The first-order valence-corrected chi connectivity index (χ1v) is 9.91. The zero-order chi connectivity index (χ0) is 17.2. The Hall–Kier alpha value is -1.09. The molecule has 9 heteroatoms. The van der Waals surface area contributed by atoms with Gasteiger partial charge in [-0.2, -0.15) is 0 Å². The van der Waals surface area contributed by atoms with Crippen LogP contribution >= 0.6 is 11.6 Å². The molecule has 0 saturated carbocycles. The summed E-state index contributed by atoms with van der Waals surface area (Å²) in [4.78, 5) is 1.93. The smallest absolute Gasteiger partial charge is 0.235 e. The third-order valence-corrected chi connectivity index (χ3v) is 5.72. The average Bonchev–Trinajstić information content (AvgIpc) is 3.03. The SMILES string of the molecule is O=S(=O)(CC1CCCO1)Nc1cc(F)c(Cl)cc1N1CCOCC1. The predicted octanol–water partition coefficient (Wildman–Crippen LogP) is 2.24. The molecule has 6 nitrogen and oxygen atoms in total. The van der Waals surface area contributed by atoms with Gasteiger partial charge in [0.1, 0.15) is 5.82 Å². The maximum Gasteiger partial charge on any atom is 0.235 e. The molecule has 3 rings (SSSR count). The van der Waals surface area contributed by atoms with E-state index in [-0.39, 0.29) is 22.6 Å². The van der Waals surface area contributed by atoms with Crippen LogP contribution in [0, 0.1) is 5.82 Å². The number of sulfonamides is 1. The number of rotatable bonds is 5. The summed E-state index contributed by atoms with van der Waals surface area (Å²) in [6, 6.07) is 2.58. The van der Waals surface area contributed by atoms with Crippen LogP contribution in [0.1, 0.15) is 12.8 Å². The Morgan fingerprint density at radius 3 is 2.71 bits per heavy atom. The maximum atomic E-state index is 13.9. The van der Waals surface area contributed by atoms with Crippen LogP contribution in [0.25, 0.3) is 0 Å². The summed E-state index contributed by atoms with van der Waals surface area (Å²) >= 11 is 5.88. The molecule has 1 N–H and O–H groups in total. The number of benzene rings is 1. The van der Waals surface area contributed by atoms with Gasteiger partial charge >= 0.3 is 0 Å². The molecule has 0 spiro atoms.